The van der Waals surface area contributed by atoms with Gasteiger partial charge in [-0.15, -0.1) is 11.3 Å². The van der Waals surface area contributed by atoms with Crippen molar-refractivity contribution < 1.29 is 0 Å². The van der Waals surface area contributed by atoms with Gasteiger partial charge in [0.1, 0.15) is 0 Å². The molecule has 1 nitrogen and oxygen atoms in total. The Labute approximate surface area is 131 Å². The summed E-state index contributed by atoms with van der Waals surface area (Å²) in [5.41, 5.74) is 1.30. The van der Waals surface area contributed by atoms with Crippen LogP contribution < -0.4 is 5.32 Å². The number of benzene rings is 2. The summed E-state index contributed by atoms with van der Waals surface area (Å²) in [5.74, 6) is 0. The third-order valence-corrected chi connectivity index (χ3v) is 5.53. The first kappa shape index (κ1) is 13.8. The number of hydrogen-bond donors (Lipinski definition) is 1. The summed E-state index contributed by atoms with van der Waals surface area (Å²) in [6.45, 7) is 2.14. The molecule has 102 valence electrons. The van der Waals surface area contributed by atoms with Gasteiger partial charge in [-0.3, -0.25) is 0 Å². The molecule has 1 atom stereocenters. The van der Waals surface area contributed by atoms with Gasteiger partial charge in [0, 0.05) is 14.2 Å². The van der Waals surface area contributed by atoms with E-state index >= 15 is 0 Å². The van der Waals surface area contributed by atoms with Gasteiger partial charge in [0.05, 0.1) is 6.04 Å². The lowest BCUT2D eigenvalue weighted by Gasteiger charge is -2.16. The fraction of sp³-hybridized carbons (Fsp3) is 0.176. The van der Waals surface area contributed by atoms with Crippen molar-refractivity contribution in [3.8, 4) is 0 Å². The number of aryl methyl sites for hydroxylation is 1. The average molecular weight is 346 g/mol. The molecular formula is C17H16BrNS. The zero-order valence-electron chi connectivity index (χ0n) is 11.5. The van der Waals surface area contributed by atoms with Gasteiger partial charge in [-0.25, -0.2) is 0 Å². The third-order valence-electron chi connectivity index (χ3n) is 3.49. The standard InChI is InChI=1S/C17H16BrNS/c1-11-9-15(18)17(20-11)16(19-2)14-8-7-12-5-3-4-6-13(12)10-14/h3-10,16,19H,1-2H3. The molecule has 3 aromatic rings. The molecule has 1 aromatic heterocycles. The highest BCUT2D eigenvalue weighted by molar-refractivity contribution is 9.10. The number of halogens is 1. The lowest BCUT2D eigenvalue weighted by Crippen LogP contribution is -2.16. The largest absolute Gasteiger partial charge is 0.309 e. The molecule has 0 aliphatic heterocycles. The van der Waals surface area contributed by atoms with Crippen molar-refractivity contribution in [1.82, 2.24) is 5.32 Å². The van der Waals surface area contributed by atoms with Crippen LogP contribution >= 0.6 is 27.3 Å². The molecule has 0 aliphatic carbocycles. The Morgan fingerprint density at radius 1 is 1.05 bits per heavy atom. The summed E-state index contributed by atoms with van der Waals surface area (Å²) in [6.07, 6.45) is 0. The third kappa shape index (κ3) is 2.53. The van der Waals surface area contributed by atoms with Crippen LogP contribution in [0.3, 0.4) is 0 Å². The van der Waals surface area contributed by atoms with Crippen LogP contribution in [0.2, 0.25) is 0 Å². The minimum absolute atomic E-state index is 0.229. The molecule has 0 saturated carbocycles. The Hall–Kier alpha value is -1.16. The van der Waals surface area contributed by atoms with E-state index in [1.807, 2.05) is 18.4 Å². The summed E-state index contributed by atoms with van der Waals surface area (Å²) in [4.78, 5) is 2.66. The molecular weight excluding hydrogens is 330 g/mol. The summed E-state index contributed by atoms with van der Waals surface area (Å²) >= 11 is 5.51. The van der Waals surface area contributed by atoms with Crippen molar-refractivity contribution in [2.45, 2.75) is 13.0 Å². The average Bonchev–Trinajstić information content (AvgIpc) is 2.78. The summed E-state index contributed by atoms with van der Waals surface area (Å²) in [5, 5.41) is 6.01. The maximum Gasteiger partial charge on any atom is 0.0680 e. The van der Waals surface area contributed by atoms with Gasteiger partial charge in [-0.2, -0.15) is 0 Å². The van der Waals surface area contributed by atoms with Crippen LogP contribution in [-0.2, 0) is 0 Å². The van der Waals surface area contributed by atoms with Crippen LogP contribution in [0.5, 0.6) is 0 Å². The van der Waals surface area contributed by atoms with Crippen LogP contribution in [0.15, 0.2) is 53.0 Å². The van der Waals surface area contributed by atoms with E-state index in [1.54, 1.807) is 0 Å². The zero-order chi connectivity index (χ0) is 14.1. The van der Waals surface area contributed by atoms with E-state index in [0.29, 0.717) is 0 Å². The van der Waals surface area contributed by atoms with E-state index in [4.69, 9.17) is 0 Å². The molecule has 0 bridgehead atoms. The monoisotopic (exact) mass is 345 g/mol. The molecule has 0 spiro atoms. The van der Waals surface area contributed by atoms with Gasteiger partial charge in [-0.1, -0.05) is 36.4 Å². The van der Waals surface area contributed by atoms with E-state index in [-0.39, 0.29) is 6.04 Å². The first-order valence-electron chi connectivity index (χ1n) is 6.61. The van der Waals surface area contributed by atoms with Gasteiger partial charge in [0.15, 0.2) is 0 Å². The fourth-order valence-corrected chi connectivity index (χ4v) is 4.55. The molecule has 0 saturated heterocycles. The van der Waals surface area contributed by atoms with Crippen molar-refractivity contribution >= 4 is 38.0 Å². The second kappa shape index (κ2) is 5.68. The fourth-order valence-electron chi connectivity index (χ4n) is 2.53. The van der Waals surface area contributed by atoms with Crippen molar-refractivity contribution in [3.63, 3.8) is 0 Å². The van der Waals surface area contributed by atoms with E-state index in [9.17, 15) is 0 Å². The van der Waals surface area contributed by atoms with Crippen molar-refractivity contribution in [2.75, 3.05) is 7.05 Å². The normalized spacial score (nSPS) is 12.8. The Morgan fingerprint density at radius 3 is 2.45 bits per heavy atom. The Morgan fingerprint density at radius 2 is 1.80 bits per heavy atom. The van der Waals surface area contributed by atoms with Crippen LogP contribution in [-0.4, -0.2) is 7.05 Å². The highest BCUT2D eigenvalue weighted by Gasteiger charge is 2.17. The molecule has 1 N–H and O–H groups in total. The van der Waals surface area contributed by atoms with Crippen LogP contribution in [0.1, 0.15) is 21.4 Å². The van der Waals surface area contributed by atoms with Gasteiger partial charge in [0.2, 0.25) is 0 Å². The van der Waals surface area contributed by atoms with E-state index in [1.165, 1.54) is 30.6 Å². The number of hydrogen-bond acceptors (Lipinski definition) is 2. The number of rotatable bonds is 3. The summed E-state index contributed by atoms with van der Waals surface area (Å²) < 4.78 is 1.19. The second-order valence-corrected chi connectivity index (χ2v) is 7.04. The van der Waals surface area contributed by atoms with Gasteiger partial charge in [-0.05, 0) is 58.4 Å². The quantitative estimate of drug-likeness (QED) is 0.680. The molecule has 0 aliphatic rings. The highest BCUT2D eigenvalue weighted by Crippen LogP contribution is 2.36. The maximum absolute atomic E-state index is 3.68. The molecule has 1 unspecified atom stereocenters. The number of fused-ring (bicyclic) bond motifs is 1. The van der Waals surface area contributed by atoms with E-state index < -0.39 is 0 Å². The van der Waals surface area contributed by atoms with Crippen LogP contribution in [0.4, 0.5) is 0 Å². The van der Waals surface area contributed by atoms with Gasteiger partial charge in [0.25, 0.3) is 0 Å². The van der Waals surface area contributed by atoms with E-state index in [2.05, 4.69) is 76.7 Å². The lowest BCUT2D eigenvalue weighted by molar-refractivity contribution is 0.702. The Kier molecular flexibility index (Phi) is 3.92. The Bertz CT molecular complexity index is 748. The molecule has 1 heterocycles. The van der Waals surface area contributed by atoms with Crippen molar-refractivity contribution in [2.24, 2.45) is 0 Å². The second-order valence-electron chi connectivity index (χ2n) is 4.90. The zero-order valence-corrected chi connectivity index (χ0v) is 13.9. The van der Waals surface area contributed by atoms with Crippen molar-refractivity contribution in [1.29, 1.82) is 0 Å². The minimum atomic E-state index is 0.229. The SMILES string of the molecule is CNC(c1ccc2ccccc2c1)c1sc(C)cc1Br. The molecule has 0 amide bonds. The molecule has 2 aromatic carbocycles. The van der Waals surface area contributed by atoms with Crippen LogP contribution in [0, 0.1) is 6.92 Å². The topological polar surface area (TPSA) is 12.0 Å². The molecule has 20 heavy (non-hydrogen) atoms. The number of nitrogens with one attached hydrogen (secondary N) is 1. The first-order valence-corrected chi connectivity index (χ1v) is 8.22. The highest BCUT2D eigenvalue weighted by atomic mass is 79.9. The summed E-state index contributed by atoms with van der Waals surface area (Å²) in [6, 6.07) is 17.6. The first-order chi connectivity index (χ1) is 9.69. The van der Waals surface area contributed by atoms with Crippen LogP contribution in [0.25, 0.3) is 10.8 Å². The minimum Gasteiger partial charge on any atom is -0.309 e. The van der Waals surface area contributed by atoms with Gasteiger partial charge >= 0.3 is 0 Å². The molecule has 3 heteroatoms. The smallest absolute Gasteiger partial charge is 0.0680 e. The molecule has 0 fully saturated rings. The van der Waals surface area contributed by atoms with E-state index in [0.717, 1.165) is 0 Å². The predicted octanol–water partition coefficient (Wildman–Crippen LogP) is 5.28. The number of thiophene rings is 1. The molecule has 0 radical (unpaired) electrons. The van der Waals surface area contributed by atoms with Gasteiger partial charge < -0.3 is 5.32 Å². The predicted molar refractivity (Wildman–Crippen MR) is 91.6 cm³/mol. The Balaban J connectivity index is 2.09. The van der Waals surface area contributed by atoms with Crippen molar-refractivity contribution in [3.05, 3.63) is 68.3 Å². The summed E-state index contributed by atoms with van der Waals surface area (Å²) in [7, 11) is 2.02. The maximum atomic E-state index is 3.68. The molecule has 3 rings (SSSR count). The lowest BCUT2D eigenvalue weighted by atomic mass is 10.0.